The van der Waals surface area contributed by atoms with Crippen LogP contribution in [0.2, 0.25) is 0 Å². The minimum atomic E-state index is -0.0753. The molecule has 1 amide bonds. The predicted octanol–water partition coefficient (Wildman–Crippen LogP) is 5.02. The summed E-state index contributed by atoms with van der Waals surface area (Å²) in [6, 6.07) is 7.53. The molecule has 29 heavy (non-hydrogen) atoms. The number of halogens is 1. The summed E-state index contributed by atoms with van der Waals surface area (Å²) in [5, 5.41) is 13.6. The number of carbonyl (C=O) groups is 1. The van der Waals surface area contributed by atoms with Gasteiger partial charge in [-0.2, -0.15) is 0 Å². The first-order valence-electron chi connectivity index (χ1n) is 9.44. The highest BCUT2D eigenvalue weighted by Crippen LogP contribution is 2.38. The second kappa shape index (κ2) is 7.70. The molecule has 3 aromatic heterocycles. The van der Waals surface area contributed by atoms with E-state index >= 15 is 0 Å². The van der Waals surface area contributed by atoms with Crippen molar-refractivity contribution in [3.8, 4) is 0 Å². The van der Waals surface area contributed by atoms with Crippen molar-refractivity contribution in [1.29, 1.82) is 0 Å². The molecule has 0 saturated carbocycles. The molecule has 1 aliphatic rings. The quantitative estimate of drug-likeness (QED) is 0.409. The standard InChI is InChI=1S/C20H18BrN5OS2/c1-11-22-19-17(14-4-2-3-5-15(14)29-19)18-24-25-20(26(11)18)28-10-16(27)23-13-8-6-12(21)7-9-13/h6-9H,2-5,10H2,1H3,(H,23,27). The van der Waals surface area contributed by atoms with Crippen LogP contribution in [0.25, 0.3) is 15.9 Å². The van der Waals surface area contributed by atoms with Gasteiger partial charge in [-0.25, -0.2) is 4.98 Å². The number of hydrogen-bond acceptors (Lipinski definition) is 6. The Morgan fingerprint density at radius 2 is 2.03 bits per heavy atom. The zero-order valence-electron chi connectivity index (χ0n) is 15.7. The highest BCUT2D eigenvalue weighted by atomic mass is 79.9. The number of nitrogens with zero attached hydrogens (tertiary/aromatic N) is 4. The number of benzene rings is 1. The van der Waals surface area contributed by atoms with Crippen LogP contribution < -0.4 is 5.32 Å². The van der Waals surface area contributed by atoms with Gasteiger partial charge in [-0.05, 0) is 62.4 Å². The third kappa shape index (κ3) is 3.55. The van der Waals surface area contributed by atoms with Crippen molar-refractivity contribution in [1.82, 2.24) is 19.6 Å². The molecule has 5 rings (SSSR count). The third-order valence-electron chi connectivity index (χ3n) is 5.06. The van der Waals surface area contributed by atoms with Gasteiger partial charge in [-0.3, -0.25) is 9.20 Å². The Balaban J connectivity index is 1.42. The van der Waals surface area contributed by atoms with Crippen molar-refractivity contribution in [2.45, 2.75) is 37.8 Å². The number of hydrogen-bond donors (Lipinski definition) is 1. The largest absolute Gasteiger partial charge is 0.325 e. The number of aryl methyl sites for hydroxylation is 3. The van der Waals surface area contributed by atoms with Gasteiger partial charge in [0.15, 0.2) is 10.8 Å². The molecular weight excluding hydrogens is 470 g/mol. The Hall–Kier alpha value is -1.97. The van der Waals surface area contributed by atoms with Crippen LogP contribution in [0.15, 0.2) is 33.9 Å². The molecule has 1 aliphatic carbocycles. The highest BCUT2D eigenvalue weighted by Gasteiger charge is 2.22. The number of rotatable bonds is 4. The average molecular weight is 488 g/mol. The first kappa shape index (κ1) is 19.0. The molecule has 6 nitrogen and oxygen atoms in total. The summed E-state index contributed by atoms with van der Waals surface area (Å²) in [5.41, 5.74) is 3.03. The monoisotopic (exact) mass is 487 g/mol. The lowest BCUT2D eigenvalue weighted by Gasteiger charge is -2.10. The van der Waals surface area contributed by atoms with Crippen molar-refractivity contribution in [2.24, 2.45) is 0 Å². The fraction of sp³-hybridized carbons (Fsp3) is 0.300. The van der Waals surface area contributed by atoms with E-state index in [1.807, 2.05) is 35.6 Å². The molecule has 0 radical (unpaired) electrons. The molecule has 0 aliphatic heterocycles. The second-order valence-corrected chi connectivity index (χ2v) is 9.98. The fourth-order valence-electron chi connectivity index (χ4n) is 3.74. The van der Waals surface area contributed by atoms with Crippen molar-refractivity contribution in [3.05, 3.63) is 45.0 Å². The number of carbonyl (C=O) groups excluding carboxylic acids is 1. The molecule has 0 spiro atoms. The minimum absolute atomic E-state index is 0.0753. The zero-order valence-corrected chi connectivity index (χ0v) is 19.0. The minimum Gasteiger partial charge on any atom is -0.325 e. The van der Waals surface area contributed by atoms with Crippen LogP contribution in [0.4, 0.5) is 5.69 Å². The molecule has 4 aromatic rings. The van der Waals surface area contributed by atoms with E-state index in [0.717, 1.165) is 44.7 Å². The van der Waals surface area contributed by atoms with Crippen LogP contribution in [-0.2, 0) is 17.6 Å². The maximum absolute atomic E-state index is 12.4. The maximum Gasteiger partial charge on any atom is 0.234 e. The summed E-state index contributed by atoms with van der Waals surface area (Å²) in [6.07, 6.45) is 4.68. The van der Waals surface area contributed by atoms with E-state index in [1.54, 1.807) is 11.3 Å². The molecule has 3 heterocycles. The summed E-state index contributed by atoms with van der Waals surface area (Å²) >= 11 is 6.57. The number of aromatic nitrogens is 4. The Labute approximate surface area is 184 Å². The summed E-state index contributed by atoms with van der Waals surface area (Å²) in [4.78, 5) is 19.7. The van der Waals surface area contributed by atoms with Crippen molar-refractivity contribution < 1.29 is 4.79 Å². The summed E-state index contributed by atoms with van der Waals surface area (Å²) < 4.78 is 2.96. The van der Waals surface area contributed by atoms with Gasteiger partial charge in [0.05, 0.1) is 11.1 Å². The molecule has 0 saturated heterocycles. The SMILES string of the molecule is Cc1nc2sc3c(c2c2nnc(SCC(=O)Nc4ccc(Br)cc4)n12)CCCC3. The van der Waals surface area contributed by atoms with E-state index < -0.39 is 0 Å². The first-order chi connectivity index (χ1) is 14.1. The van der Waals surface area contributed by atoms with E-state index in [2.05, 4.69) is 31.4 Å². The topological polar surface area (TPSA) is 72.2 Å². The number of amides is 1. The fourth-order valence-corrected chi connectivity index (χ4v) is 6.08. The molecule has 1 aromatic carbocycles. The molecule has 9 heteroatoms. The van der Waals surface area contributed by atoms with Gasteiger partial charge in [0.1, 0.15) is 10.7 Å². The summed E-state index contributed by atoms with van der Waals surface area (Å²) in [5.74, 6) is 1.04. The Morgan fingerprint density at radius 3 is 2.86 bits per heavy atom. The molecule has 0 unspecified atom stereocenters. The number of thioether (sulfide) groups is 1. The van der Waals surface area contributed by atoms with E-state index in [0.29, 0.717) is 5.16 Å². The number of thiophene rings is 1. The Morgan fingerprint density at radius 1 is 1.24 bits per heavy atom. The second-order valence-electron chi connectivity index (χ2n) is 7.04. The predicted molar refractivity (Wildman–Crippen MR) is 121 cm³/mol. The molecular formula is C20H18BrN5OS2. The van der Waals surface area contributed by atoms with Gasteiger partial charge in [0, 0.05) is 15.0 Å². The van der Waals surface area contributed by atoms with Gasteiger partial charge in [-0.15, -0.1) is 21.5 Å². The van der Waals surface area contributed by atoms with E-state index in [1.165, 1.54) is 35.0 Å². The third-order valence-corrected chi connectivity index (χ3v) is 7.70. The van der Waals surface area contributed by atoms with Crippen LogP contribution in [0, 0.1) is 6.92 Å². The zero-order chi connectivity index (χ0) is 20.0. The molecule has 0 fully saturated rings. The molecule has 1 N–H and O–H groups in total. The smallest absolute Gasteiger partial charge is 0.234 e. The molecule has 148 valence electrons. The van der Waals surface area contributed by atoms with Crippen LogP contribution in [0.5, 0.6) is 0 Å². The normalized spacial score (nSPS) is 13.7. The maximum atomic E-state index is 12.4. The van der Waals surface area contributed by atoms with Crippen molar-refractivity contribution in [3.63, 3.8) is 0 Å². The van der Waals surface area contributed by atoms with Gasteiger partial charge in [0.25, 0.3) is 0 Å². The molecule has 0 atom stereocenters. The van der Waals surface area contributed by atoms with Crippen LogP contribution in [0.3, 0.4) is 0 Å². The van der Waals surface area contributed by atoms with Gasteiger partial charge in [0.2, 0.25) is 5.91 Å². The first-order valence-corrected chi connectivity index (χ1v) is 12.0. The molecule has 0 bridgehead atoms. The van der Waals surface area contributed by atoms with Crippen LogP contribution in [-0.4, -0.2) is 31.2 Å². The van der Waals surface area contributed by atoms with E-state index in [9.17, 15) is 4.79 Å². The van der Waals surface area contributed by atoms with Gasteiger partial charge < -0.3 is 5.32 Å². The van der Waals surface area contributed by atoms with E-state index in [-0.39, 0.29) is 11.7 Å². The van der Waals surface area contributed by atoms with Crippen molar-refractivity contribution >= 4 is 66.5 Å². The lowest BCUT2D eigenvalue weighted by atomic mass is 9.97. The highest BCUT2D eigenvalue weighted by molar-refractivity contribution is 9.10. The van der Waals surface area contributed by atoms with Crippen LogP contribution >= 0.6 is 39.0 Å². The lowest BCUT2D eigenvalue weighted by molar-refractivity contribution is -0.113. The van der Waals surface area contributed by atoms with Crippen LogP contribution in [0.1, 0.15) is 29.1 Å². The number of nitrogens with one attached hydrogen (secondary N) is 1. The average Bonchev–Trinajstić information content (AvgIpc) is 3.29. The summed E-state index contributed by atoms with van der Waals surface area (Å²) in [6.45, 7) is 1.97. The van der Waals surface area contributed by atoms with Crippen molar-refractivity contribution in [2.75, 3.05) is 11.1 Å². The number of anilines is 1. The summed E-state index contributed by atoms with van der Waals surface area (Å²) in [7, 11) is 0. The lowest BCUT2D eigenvalue weighted by Crippen LogP contribution is -2.14. The Kier molecular flexibility index (Phi) is 5.05. The number of fused-ring (bicyclic) bond motifs is 5. The van der Waals surface area contributed by atoms with Gasteiger partial charge in [-0.1, -0.05) is 27.7 Å². The van der Waals surface area contributed by atoms with E-state index in [4.69, 9.17) is 4.98 Å². The Bertz CT molecular complexity index is 1230. The van der Waals surface area contributed by atoms with Gasteiger partial charge >= 0.3 is 0 Å².